The summed E-state index contributed by atoms with van der Waals surface area (Å²) in [6.07, 6.45) is 2.50. The van der Waals surface area contributed by atoms with E-state index in [1.54, 1.807) is 0 Å². The van der Waals surface area contributed by atoms with Crippen LogP contribution in [0.15, 0.2) is 24.3 Å². The number of rotatable bonds is 7. The molecule has 1 aromatic carbocycles. The smallest absolute Gasteiger partial charge is 0.326 e. The minimum Gasteiger partial charge on any atom is -0.484 e. The zero-order valence-corrected chi connectivity index (χ0v) is 10.8. The lowest BCUT2D eigenvalue weighted by atomic mass is 10.1. The maximum atomic E-state index is 12.7. The van der Waals surface area contributed by atoms with Crippen molar-refractivity contribution >= 4 is 11.9 Å². The number of carbonyl (C=O) groups excluding carboxylic acids is 1. The minimum atomic E-state index is -1.04. The first-order chi connectivity index (χ1) is 9.54. The fraction of sp³-hybridized carbons (Fsp3) is 0.429. The van der Waals surface area contributed by atoms with E-state index in [0.717, 1.165) is 12.8 Å². The molecule has 2 N–H and O–H groups in total. The molecule has 0 aromatic heterocycles. The van der Waals surface area contributed by atoms with Gasteiger partial charge >= 0.3 is 5.97 Å². The average Bonchev–Trinajstić information content (AvgIpc) is 3.21. The van der Waals surface area contributed by atoms with Crippen molar-refractivity contribution in [1.82, 2.24) is 5.32 Å². The summed E-state index contributed by atoms with van der Waals surface area (Å²) in [7, 11) is 0. The molecule has 0 radical (unpaired) electrons. The lowest BCUT2D eigenvalue weighted by Crippen LogP contribution is -2.43. The van der Waals surface area contributed by atoms with Gasteiger partial charge < -0.3 is 15.2 Å². The van der Waals surface area contributed by atoms with Gasteiger partial charge in [0.15, 0.2) is 6.61 Å². The van der Waals surface area contributed by atoms with E-state index < -0.39 is 23.7 Å². The van der Waals surface area contributed by atoms with E-state index in [-0.39, 0.29) is 6.61 Å². The molecule has 5 nitrogen and oxygen atoms in total. The Hall–Kier alpha value is -2.11. The van der Waals surface area contributed by atoms with E-state index in [9.17, 15) is 14.0 Å². The van der Waals surface area contributed by atoms with Crippen LogP contribution in [-0.2, 0) is 9.59 Å². The summed E-state index contributed by atoms with van der Waals surface area (Å²) in [5, 5.41) is 11.4. The van der Waals surface area contributed by atoms with Gasteiger partial charge in [-0.15, -0.1) is 0 Å². The second-order valence-corrected chi connectivity index (χ2v) is 4.88. The third-order valence-electron chi connectivity index (χ3n) is 3.08. The highest BCUT2D eigenvalue weighted by molar-refractivity contribution is 5.84. The molecule has 1 aromatic rings. The Labute approximate surface area is 115 Å². The Kier molecular flexibility index (Phi) is 4.55. The highest BCUT2D eigenvalue weighted by Crippen LogP contribution is 2.33. The Morgan fingerprint density at radius 3 is 2.55 bits per heavy atom. The van der Waals surface area contributed by atoms with Gasteiger partial charge in [-0.3, -0.25) is 4.79 Å². The predicted octanol–water partition coefficient (Wildman–Crippen LogP) is 1.57. The van der Waals surface area contributed by atoms with Crippen molar-refractivity contribution in [1.29, 1.82) is 0 Å². The molecule has 1 aliphatic carbocycles. The molecule has 0 heterocycles. The summed E-state index contributed by atoms with van der Waals surface area (Å²) in [6, 6.07) is 4.39. The molecular weight excluding hydrogens is 265 g/mol. The van der Waals surface area contributed by atoms with Crippen LogP contribution in [-0.4, -0.2) is 29.6 Å². The SMILES string of the molecule is O=C(COc1ccc(F)cc1)NC(CC1CC1)C(=O)O. The first-order valence-electron chi connectivity index (χ1n) is 6.45. The van der Waals surface area contributed by atoms with Crippen LogP contribution < -0.4 is 10.1 Å². The number of halogens is 1. The van der Waals surface area contributed by atoms with Crippen molar-refractivity contribution in [3.8, 4) is 5.75 Å². The summed E-state index contributed by atoms with van der Waals surface area (Å²) < 4.78 is 17.8. The van der Waals surface area contributed by atoms with Gasteiger partial charge in [-0.05, 0) is 36.6 Å². The number of carboxylic acid groups (broad SMARTS) is 1. The third kappa shape index (κ3) is 4.53. The van der Waals surface area contributed by atoms with E-state index in [1.807, 2.05) is 0 Å². The molecule has 2 rings (SSSR count). The molecule has 0 saturated heterocycles. The highest BCUT2D eigenvalue weighted by Gasteiger charge is 2.30. The van der Waals surface area contributed by atoms with Crippen LogP contribution in [0.2, 0.25) is 0 Å². The van der Waals surface area contributed by atoms with Crippen molar-refractivity contribution in [2.45, 2.75) is 25.3 Å². The number of carbonyl (C=O) groups is 2. The fourth-order valence-corrected chi connectivity index (χ4v) is 1.82. The van der Waals surface area contributed by atoms with Crippen LogP contribution in [0.1, 0.15) is 19.3 Å². The Morgan fingerprint density at radius 2 is 2.00 bits per heavy atom. The van der Waals surface area contributed by atoms with E-state index in [2.05, 4.69) is 5.32 Å². The van der Waals surface area contributed by atoms with Gasteiger partial charge in [0.1, 0.15) is 17.6 Å². The van der Waals surface area contributed by atoms with Crippen LogP contribution in [0.4, 0.5) is 4.39 Å². The summed E-state index contributed by atoms with van der Waals surface area (Å²) in [4.78, 5) is 22.6. The molecule has 1 amide bonds. The van der Waals surface area contributed by atoms with Gasteiger partial charge in [0.05, 0.1) is 0 Å². The first-order valence-corrected chi connectivity index (χ1v) is 6.45. The van der Waals surface area contributed by atoms with Crippen LogP contribution in [0, 0.1) is 11.7 Å². The number of nitrogens with one attached hydrogen (secondary N) is 1. The number of benzene rings is 1. The molecule has 108 valence electrons. The molecule has 1 atom stereocenters. The van der Waals surface area contributed by atoms with Gasteiger partial charge in [0.2, 0.25) is 0 Å². The lowest BCUT2D eigenvalue weighted by Gasteiger charge is -2.14. The third-order valence-corrected chi connectivity index (χ3v) is 3.08. The zero-order chi connectivity index (χ0) is 14.5. The van der Waals surface area contributed by atoms with Gasteiger partial charge in [-0.25, -0.2) is 9.18 Å². The van der Waals surface area contributed by atoms with Crippen LogP contribution in [0.25, 0.3) is 0 Å². The van der Waals surface area contributed by atoms with Crippen LogP contribution in [0.3, 0.4) is 0 Å². The van der Waals surface area contributed by atoms with Gasteiger partial charge in [-0.1, -0.05) is 12.8 Å². The number of hydrogen-bond acceptors (Lipinski definition) is 3. The highest BCUT2D eigenvalue weighted by atomic mass is 19.1. The molecule has 20 heavy (non-hydrogen) atoms. The van der Waals surface area contributed by atoms with Crippen LogP contribution in [0.5, 0.6) is 5.75 Å². The molecule has 6 heteroatoms. The fourth-order valence-electron chi connectivity index (χ4n) is 1.82. The topological polar surface area (TPSA) is 75.6 Å². The van der Waals surface area contributed by atoms with Gasteiger partial charge in [-0.2, -0.15) is 0 Å². The Bertz CT molecular complexity index is 484. The second kappa shape index (κ2) is 6.36. The van der Waals surface area contributed by atoms with Crippen molar-refractivity contribution in [2.24, 2.45) is 5.92 Å². The number of ether oxygens (including phenoxy) is 1. The van der Waals surface area contributed by atoms with E-state index >= 15 is 0 Å². The van der Waals surface area contributed by atoms with Crippen molar-refractivity contribution in [3.05, 3.63) is 30.1 Å². The van der Waals surface area contributed by atoms with E-state index in [1.165, 1.54) is 24.3 Å². The molecule has 0 aliphatic heterocycles. The number of amides is 1. The average molecular weight is 281 g/mol. The maximum Gasteiger partial charge on any atom is 0.326 e. The van der Waals surface area contributed by atoms with Gasteiger partial charge in [0, 0.05) is 0 Å². The molecule has 1 aliphatic rings. The molecule has 1 unspecified atom stereocenters. The number of aliphatic carboxylic acids is 1. The molecule has 1 saturated carbocycles. The molecule has 1 fully saturated rings. The largest absolute Gasteiger partial charge is 0.484 e. The summed E-state index contributed by atoms with van der Waals surface area (Å²) in [5.41, 5.74) is 0. The first kappa shape index (κ1) is 14.3. The van der Waals surface area contributed by atoms with Crippen molar-refractivity contribution in [3.63, 3.8) is 0 Å². The maximum absolute atomic E-state index is 12.7. The van der Waals surface area contributed by atoms with Gasteiger partial charge in [0.25, 0.3) is 5.91 Å². The molecule has 0 bridgehead atoms. The number of carboxylic acids is 1. The standard InChI is InChI=1S/C14H16FNO4/c15-10-3-5-11(6-4-10)20-8-13(17)16-12(14(18)19)7-9-1-2-9/h3-6,9,12H,1-2,7-8H2,(H,16,17)(H,18,19). The molecule has 0 spiro atoms. The quantitative estimate of drug-likeness (QED) is 0.795. The van der Waals surface area contributed by atoms with E-state index in [0.29, 0.717) is 18.1 Å². The lowest BCUT2D eigenvalue weighted by molar-refractivity contribution is -0.142. The Morgan fingerprint density at radius 1 is 1.35 bits per heavy atom. The normalized spacial score (nSPS) is 15.4. The summed E-state index contributed by atoms with van der Waals surface area (Å²) in [6.45, 7) is -0.292. The summed E-state index contributed by atoms with van der Waals surface area (Å²) >= 11 is 0. The van der Waals surface area contributed by atoms with Crippen molar-refractivity contribution in [2.75, 3.05) is 6.61 Å². The van der Waals surface area contributed by atoms with E-state index in [4.69, 9.17) is 9.84 Å². The minimum absolute atomic E-state index is 0.292. The van der Waals surface area contributed by atoms with Crippen LogP contribution >= 0.6 is 0 Å². The molecular formula is C14H16FNO4. The number of hydrogen-bond donors (Lipinski definition) is 2. The Balaban J connectivity index is 1.78. The monoisotopic (exact) mass is 281 g/mol. The van der Waals surface area contributed by atoms with Crippen molar-refractivity contribution < 1.29 is 23.8 Å². The predicted molar refractivity (Wildman–Crippen MR) is 68.8 cm³/mol. The zero-order valence-electron chi connectivity index (χ0n) is 10.8. The second-order valence-electron chi connectivity index (χ2n) is 4.88. The summed E-state index contributed by atoms with van der Waals surface area (Å²) in [5.74, 6) is -1.17.